The van der Waals surface area contributed by atoms with Crippen LogP contribution >= 0.6 is 0 Å². The monoisotopic (exact) mass is 294 g/mol. The first-order chi connectivity index (χ1) is 9.28. The largest absolute Gasteiger partial charge is 0.417 e. The molecule has 0 aromatic carbocycles. The van der Waals surface area contributed by atoms with E-state index in [1.165, 1.54) is 0 Å². The Morgan fingerprint density at radius 1 is 1.30 bits per heavy atom. The Labute approximate surface area is 125 Å². The molecule has 0 bridgehead atoms. The van der Waals surface area contributed by atoms with Crippen LogP contribution < -0.4 is 0 Å². The number of allylic oxidation sites excluding steroid dienone is 3. The zero-order valence-corrected chi connectivity index (χ0v) is 14.7. The second-order valence-corrected chi connectivity index (χ2v) is 11.6. The smallest absolute Gasteiger partial charge is 0.183 e. The molecule has 2 atom stereocenters. The molecule has 3 heteroatoms. The lowest BCUT2D eigenvalue weighted by Crippen LogP contribution is -2.28. The van der Waals surface area contributed by atoms with Crippen molar-refractivity contribution in [2.24, 2.45) is 17.8 Å². The molecule has 0 fully saturated rings. The quantitative estimate of drug-likeness (QED) is 0.560. The van der Waals surface area contributed by atoms with Gasteiger partial charge >= 0.3 is 0 Å². The molecular weight excluding hydrogens is 264 g/mol. The molecule has 0 heterocycles. The first kappa shape index (κ1) is 17.4. The van der Waals surface area contributed by atoms with Crippen molar-refractivity contribution in [3.63, 3.8) is 0 Å². The number of ketones is 1. The summed E-state index contributed by atoms with van der Waals surface area (Å²) < 4.78 is 6.03. The van der Waals surface area contributed by atoms with Crippen molar-refractivity contribution in [3.05, 3.63) is 24.3 Å². The lowest BCUT2D eigenvalue weighted by molar-refractivity contribution is -0.114. The molecule has 0 aromatic heterocycles. The van der Waals surface area contributed by atoms with Gasteiger partial charge in [-0.2, -0.15) is 0 Å². The summed E-state index contributed by atoms with van der Waals surface area (Å²) in [6, 6.07) is 0. The van der Waals surface area contributed by atoms with Crippen LogP contribution in [0, 0.1) is 17.8 Å². The Morgan fingerprint density at radius 2 is 2.00 bits per heavy atom. The lowest BCUT2D eigenvalue weighted by Gasteiger charge is -2.22. The van der Waals surface area contributed by atoms with E-state index >= 15 is 0 Å². The highest BCUT2D eigenvalue weighted by Crippen LogP contribution is 2.22. The van der Waals surface area contributed by atoms with Crippen molar-refractivity contribution in [3.8, 4) is 0 Å². The number of hydrogen-bond acceptors (Lipinski definition) is 2. The predicted molar refractivity (Wildman–Crippen MR) is 88.3 cm³/mol. The van der Waals surface area contributed by atoms with E-state index in [4.69, 9.17) is 4.43 Å². The average molecular weight is 295 g/mol. The van der Waals surface area contributed by atoms with Gasteiger partial charge in [0.2, 0.25) is 0 Å². The zero-order valence-electron chi connectivity index (χ0n) is 13.7. The fourth-order valence-corrected chi connectivity index (χ4v) is 2.99. The topological polar surface area (TPSA) is 26.3 Å². The summed E-state index contributed by atoms with van der Waals surface area (Å²) in [5, 5.41) is 0. The Morgan fingerprint density at radius 3 is 2.60 bits per heavy atom. The highest BCUT2D eigenvalue weighted by atomic mass is 28.4. The Balaban J connectivity index is 2.72. The molecule has 0 N–H and O–H groups in total. The van der Waals surface area contributed by atoms with Crippen LogP contribution in [0.3, 0.4) is 0 Å². The summed E-state index contributed by atoms with van der Waals surface area (Å²) >= 11 is 0. The third-order valence-corrected chi connectivity index (χ3v) is 4.72. The van der Waals surface area contributed by atoms with Crippen molar-refractivity contribution < 1.29 is 9.22 Å². The van der Waals surface area contributed by atoms with E-state index in [0.29, 0.717) is 24.2 Å². The molecule has 1 aliphatic carbocycles. The van der Waals surface area contributed by atoms with Gasteiger partial charge in [-0.3, -0.25) is 4.79 Å². The average Bonchev–Trinajstić information content (AvgIpc) is 2.33. The fourth-order valence-electron chi connectivity index (χ4n) is 2.28. The molecule has 0 spiro atoms. The van der Waals surface area contributed by atoms with Crippen LogP contribution in [0.1, 0.15) is 33.1 Å². The normalized spacial score (nSPS) is 25.2. The van der Waals surface area contributed by atoms with Gasteiger partial charge in [0.05, 0.1) is 0 Å². The van der Waals surface area contributed by atoms with E-state index < -0.39 is 8.32 Å². The maximum absolute atomic E-state index is 11.8. The van der Waals surface area contributed by atoms with Gasteiger partial charge in [-0.05, 0) is 50.4 Å². The van der Waals surface area contributed by atoms with E-state index in [9.17, 15) is 4.79 Å². The second kappa shape index (κ2) is 7.94. The Bertz CT molecular complexity index is 364. The summed E-state index contributed by atoms with van der Waals surface area (Å²) in [5.41, 5.74) is 0. The first-order valence-corrected chi connectivity index (χ1v) is 11.2. The molecule has 114 valence electrons. The van der Waals surface area contributed by atoms with E-state index in [-0.39, 0.29) is 5.78 Å². The van der Waals surface area contributed by atoms with Gasteiger partial charge in [0, 0.05) is 18.9 Å². The van der Waals surface area contributed by atoms with E-state index in [1.807, 2.05) is 6.08 Å². The van der Waals surface area contributed by atoms with Gasteiger partial charge < -0.3 is 4.43 Å². The zero-order chi connectivity index (χ0) is 15.2. The van der Waals surface area contributed by atoms with Gasteiger partial charge in [-0.1, -0.05) is 32.1 Å². The van der Waals surface area contributed by atoms with Crippen LogP contribution in [-0.4, -0.2) is 20.7 Å². The molecule has 0 amide bonds. The fraction of sp³-hybridized carbons (Fsp3) is 0.706. The maximum Gasteiger partial charge on any atom is 0.183 e. The molecule has 1 rings (SSSR count). The van der Waals surface area contributed by atoms with E-state index in [0.717, 1.165) is 19.4 Å². The minimum atomic E-state index is -1.47. The lowest BCUT2D eigenvalue weighted by atomic mass is 9.88. The number of rotatable bonds is 4. The second-order valence-electron chi connectivity index (χ2n) is 7.12. The number of carbonyl (C=O) groups is 1. The van der Waals surface area contributed by atoms with Gasteiger partial charge in [-0.15, -0.1) is 0 Å². The molecule has 0 saturated heterocycles. The molecule has 2 unspecified atom stereocenters. The van der Waals surface area contributed by atoms with Gasteiger partial charge in [0.1, 0.15) is 0 Å². The molecular formula is C17H30O2Si. The SMILES string of the molecule is CC(C)C1C=CC(CO[Si](C)(C)C)CC=CC(=O)CC1. The van der Waals surface area contributed by atoms with Crippen LogP contribution in [0.5, 0.6) is 0 Å². The summed E-state index contributed by atoms with van der Waals surface area (Å²) in [4.78, 5) is 11.8. The Hall–Kier alpha value is -0.673. The van der Waals surface area contributed by atoms with Crippen molar-refractivity contribution in [1.82, 2.24) is 0 Å². The molecule has 20 heavy (non-hydrogen) atoms. The maximum atomic E-state index is 11.8. The highest BCUT2D eigenvalue weighted by Gasteiger charge is 2.18. The van der Waals surface area contributed by atoms with Crippen molar-refractivity contribution in [1.29, 1.82) is 0 Å². The molecule has 0 radical (unpaired) electrons. The van der Waals surface area contributed by atoms with E-state index in [2.05, 4.69) is 45.6 Å². The molecule has 2 nitrogen and oxygen atoms in total. The van der Waals surface area contributed by atoms with Crippen molar-refractivity contribution in [2.75, 3.05) is 6.61 Å². The third-order valence-electron chi connectivity index (χ3n) is 3.68. The molecule has 0 saturated carbocycles. The van der Waals surface area contributed by atoms with Crippen LogP contribution in [-0.2, 0) is 9.22 Å². The predicted octanol–water partition coefficient (Wildman–Crippen LogP) is 4.59. The summed E-state index contributed by atoms with van der Waals surface area (Å²) in [5.74, 6) is 1.74. The molecule has 0 aromatic rings. The van der Waals surface area contributed by atoms with Crippen molar-refractivity contribution >= 4 is 14.1 Å². The first-order valence-electron chi connectivity index (χ1n) is 7.79. The van der Waals surface area contributed by atoms with Crippen LogP contribution in [0.25, 0.3) is 0 Å². The van der Waals surface area contributed by atoms with E-state index in [1.54, 1.807) is 6.08 Å². The standard InChI is InChI=1S/C17H30O2Si/c1-14(2)16-10-9-15(13-19-20(3,4)5)7-6-8-17(18)12-11-16/h6,8-10,14-16H,7,11-13H2,1-5H3. The Kier molecular flexibility index (Phi) is 6.90. The van der Waals surface area contributed by atoms with Gasteiger partial charge in [0.25, 0.3) is 0 Å². The minimum absolute atomic E-state index is 0.260. The number of hydrogen-bond donors (Lipinski definition) is 0. The van der Waals surface area contributed by atoms with Crippen LogP contribution in [0.4, 0.5) is 0 Å². The summed E-state index contributed by atoms with van der Waals surface area (Å²) in [6.07, 6.45) is 10.9. The summed E-state index contributed by atoms with van der Waals surface area (Å²) in [6.45, 7) is 11.9. The van der Waals surface area contributed by atoms with Crippen molar-refractivity contribution in [2.45, 2.75) is 52.8 Å². The number of carbonyl (C=O) groups excluding carboxylic acids is 1. The molecule has 1 aliphatic rings. The van der Waals surface area contributed by atoms with Crippen LogP contribution in [0.15, 0.2) is 24.3 Å². The molecule has 0 aliphatic heterocycles. The van der Waals surface area contributed by atoms with Gasteiger partial charge in [0.15, 0.2) is 14.1 Å². The van der Waals surface area contributed by atoms with Crippen LogP contribution in [0.2, 0.25) is 19.6 Å². The minimum Gasteiger partial charge on any atom is -0.417 e. The highest BCUT2D eigenvalue weighted by molar-refractivity contribution is 6.69. The third kappa shape index (κ3) is 7.20. The summed E-state index contributed by atoms with van der Waals surface area (Å²) in [7, 11) is -1.47. The van der Waals surface area contributed by atoms with Gasteiger partial charge in [-0.25, -0.2) is 0 Å².